The van der Waals surface area contributed by atoms with Crippen LogP contribution in [0.1, 0.15) is 25.6 Å². The Morgan fingerprint density at radius 3 is 2.83 bits per heavy atom. The molecule has 156 valence electrons. The lowest BCUT2D eigenvalue weighted by Gasteiger charge is -2.27. The number of esters is 1. The lowest BCUT2D eigenvalue weighted by Crippen LogP contribution is -2.44. The number of hydrogen-bond donors (Lipinski definition) is 4. The summed E-state index contributed by atoms with van der Waals surface area (Å²) < 4.78 is 12.0. The smallest absolute Gasteiger partial charge is 0.384 e. The van der Waals surface area contributed by atoms with Crippen LogP contribution in [-0.4, -0.2) is 73.1 Å². The number of carbonyl (C=O) groups excluding carboxylic acids is 1. The van der Waals surface area contributed by atoms with Crippen LogP contribution >= 0.6 is 11.8 Å². The number of nitrogen functional groups attached to an aromatic ring is 1. The van der Waals surface area contributed by atoms with Gasteiger partial charge in [0.1, 0.15) is 29.3 Å². The molecule has 3 rings (SSSR count). The minimum absolute atomic E-state index is 0.142. The molecule has 2 unspecified atom stereocenters. The summed E-state index contributed by atoms with van der Waals surface area (Å²) in [5.74, 6) is 4.51. The molecule has 3 heterocycles. The number of thioether (sulfide) groups is 1. The fourth-order valence-corrected chi connectivity index (χ4v) is 3.56. The first-order valence-corrected chi connectivity index (χ1v) is 10.0. The Morgan fingerprint density at radius 1 is 1.52 bits per heavy atom. The quantitative estimate of drug-likeness (QED) is 0.223. The van der Waals surface area contributed by atoms with Crippen LogP contribution in [0.25, 0.3) is 11.0 Å². The van der Waals surface area contributed by atoms with Gasteiger partial charge in [-0.1, -0.05) is 17.7 Å². The van der Waals surface area contributed by atoms with E-state index >= 15 is 0 Å². The number of anilines is 1. The molecule has 0 amide bonds. The van der Waals surface area contributed by atoms with Gasteiger partial charge in [0.15, 0.2) is 11.4 Å². The first-order valence-electron chi connectivity index (χ1n) is 8.82. The number of fused-ring (bicyclic) bond motifs is 1. The highest BCUT2D eigenvalue weighted by Crippen LogP contribution is 2.41. The number of nitrogens with zero attached hydrogens (tertiary/aromatic N) is 3. The number of ether oxygens (including phenoxy) is 2. The van der Waals surface area contributed by atoms with Gasteiger partial charge in [-0.15, -0.1) is 0 Å². The van der Waals surface area contributed by atoms with Crippen LogP contribution < -0.4 is 5.73 Å². The van der Waals surface area contributed by atoms with Gasteiger partial charge in [-0.3, -0.25) is 0 Å². The molecule has 10 nitrogen and oxygen atoms in total. The van der Waals surface area contributed by atoms with Crippen molar-refractivity contribution in [1.82, 2.24) is 14.5 Å². The van der Waals surface area contributed by atoms with Crippen molar-refractivity contribution in [2.24, 2.45) is 0 Å². The standard InChI is InChI=1S/C18H22N4O6S/c1-4-27-11(24)6-5-9-7-22(15-12(9)14(19)20-17(21-15)29-3)16-18(2,26)13(25)10(8-23)28-16/h7,10,13,16,23,25-26H,4,8H2,1-3H3,(H2,19,20,21)/t10-,13-,16?,18?/m1/s1. The minimum Gasteiger partial charge on any atom is -0.456 e. The molecule has 2 aromatic rings. The summed E-state index contributed by atoms with van der Waals surface area (Å²) in [6.45, 7) is 2.78. The third kappa shape index (κ3) is 3.77. The van der Waals surface area contributed by atoms with Gasteiger partial charge in [0.2, 0.25) is 0 Å². The zero-order chi connectivity index (χ0) is 21.3. The maximum absolute atomic E-state index is 11.6. The van der Waals surface area contributed by atoms with E-state index < -0.39 is 36.6 Å². The average Bonchev–Trinajstić information content (AvgIpc) is 3.15. The monoisotopic (exact) mass is 422 g/mol. The zero-order valence-electron chi connectivity index (χ0n) is 16.1. The Kier molecular flexibility index (Phi) is 6.02. The Morgan fingerprint density at radius 2 is 2.24 bits per heavy atom. The molecule has 11 heteroatoms. The van der Waals surface area contributed by atoms with Crippen molar-refractivity contribution in [3.63, 3.8) is 0 Å². The fourth-order valence-electron chi connectivity index (χ4n) is 3.20. The van der Waals surface area contributed by atoms with Gasteiger partial charge in [0.05, 0.1) is 24.2 Å². The maximum atomic E-state index is 11.6. The molecule has 2 aromatic heterocycles. The number of aliphatic hydroxyl groups is 3. The van der Waals surface area contributed by atoms with Gasteiger partial charge in [-0.25, -0.2) is 14.8 Å². The topological polar surface area (TPSA) is 153 Å². The van der Waals surface area contributed by atoms with E-state index in [2.05, 4.69) is 21.8 Å². The van der Waals surface area contributed by atoms with Gasteiger partial charge < -0.3 is 35.1 Å². The molecule has 5 N–H and O–H groups in total. The lowest BCUT2D eigenvalue weighted by atomic mass is 9.96. The van der Waals surface area contributed by atoms with Gasteiger partial charge in [-0.05, 0) is 20.1 Å². The van der Waals surface area contributed by atoms with Crippen molar-refractivity contribution in [1.29, 1.82) is 0 Å². The summed E-state index contributed by atoms with van der Waals surface area (Å²) in [7, 11) is 0. The second kappa shape index (κ2) is 8.17. The van der Waals surface area contributed by atoms with Crippen LogP contribution in [0.2, 0.25) is 0 Å². The number of aliphatic hydroxyl groups excluding tert-OH is 2. The zero-order valence-corrected chi connectivity index (χ0v) is 16.9. The highest BCUT2D eigenvalue weighted by Gasteiger charge is 2.53. The highest BCUT2D eigenvalue weighted by atomic mass is 32.2. The molecule has 1 aliphatic rings. The first kappa shape index (κ1) is 21.4. The van der Waals surface area contributed by atoms with Crippen LogP contribution in [0.5, 0.6) is 0 Å². The summed E-state index contributed by atoms with van der Waals surface area (Å²) >= 11 is 1.27. The number of carbonyl (C=O) groups is 1. The Hall–Kier alpha value is -2.36. The molecule has 0 bridgehead atoms. The van der Waals surface area contributed by atoms with E-state index in [0.29, 0.717) is 21.8 Å². The van der Waals surface area contributed by atoms with Crippen molar-refractivity contribution in [2.45, 2.75) is 43.0 Å². The summed E-state index contributed by atoms with van der Waals surface area (Å²) in [5.41, 5.74) is 5.02. The highest BCUT2D eigenvalue weighted by molar-refractivity contribution is 7.98. The molecule has 4 atom stereocenters. The Bertz CT molecular complexity index is 996. The van der Waals surface area contributed by atoms with Crippen LogP contribution in [0.4, 0.5) is 5.82 Å². The molecule has 29 heavy (non-hydrogen) atoms. The second-order valence-electron chi connectivity index (χ2n) is 6.59. The molecule has 1 saturated heterocycles. The Labute approximate surface area is 171 Å². The van der Waals surface area contributed by atoms with Gasteiger partial charge in [0.25, 0.3) is 0 Å². The van der Waals surface area contributed by atoms with E-state index in [1.165, 1.54) is 29.4 Å². The van der Waals surface area contributed by atoms with Crippen molar-refractivity contribution in [3.05, 3.63) is 11.8 Å². The fraction of sp³-hybridized carbons (Fsp3) is 0.500. The van der Waals surface area contributed by atoms with E-state index in [0.717, 1.165) is 0 Å². The number of hydrogen-bond acceptors (Lipinski definition) is 10. The van der Waals surface area contributed by atoms with E-state index in [1.807, 2.05) is 0 Å². The van der Waals surface area contributed by atoms with Crippen LogP contribution in [0.15, 0.2) is 11.4 Å². The largest absolute Gasteiger partial charge is 0.456 e. The number of rotatable bonds is 4. The van der Waals surface area contributed by atoms with E-state index in [9.17, 15) is 20.1 Å². The second-order valence-corrected chi connectivity index (χ2v) is 7.37. The van der Waals surface area contributed by atoms with Crippen molar-refractivity contribution in [2.75, 3.05) is 25.2 Å². The van der Waals surface area contributed by atoms with Gasteiger partial charge >= 0.3 is 5.97 Å². The molecule has 0 radical (unpaired) electrons. The van der Waals surface area contributed by atoms with E-state index in [4.69, 9.17) is 15.2 Å². The van der Waals surface area contributed by atoms with Crippen LogP contribution in [0.3, 0.4) is 0 Å². The third-order valence-electron chi connectivity index (χ3n) is 4.62. The van der Waals surface area contributed by atoms with E-state index in [1.54, 1.807) is 13.2 Å². The minimum atomic E-state index is -1.73. The van der Waals surface area contributed by atoms with Gasteiger partial charge in [-0.2, -0.15) is 0 Å². The molecule has 0 spiro atoms. The maximum Gasteiger partial charge on any atom is 0.384 e. The lowest BCUT2D eigenvalue weighted by molar-refractivity contribution is -0.136. The predicted octanol–water partition coefficient (Wildman–Crippen LogP) is -0.348. The third-order valence-corrected chi connectivity index (χ3v) is 5.17. The number of nitrogens with two attached hydrogens (primary N) is 1. The summed E-state index contributed by atoms with van der Waals surface area (Å²) in [6, 6.07) is 0. The Balaban J connectivity index is 2.19. The van der Waals surface area contributed by atoms with Crippen LogP contribution in [0, 0.1) is 11.8 Å². The molecule has 1 aliphatic heterocycles. The first-order chi connectivity index (χ1) is 13.7. The predicted molar refractivity (Wildman–Crippen MR) is 105 cm³/mol. The molecule has 1 fully saturated rings. The summed E-state index contributed by atoms with van der Waals surface area (Å²) in [6.07, 6.45) is -0.107. The molecule has 0 aliphatic carbocycles. The SMILES string of the molecule is CCOC(=O)C#Cc1cn(C2O[C@H](CO)[C@@H](O)C2(C)O)c2nc(SC)nc(N)c12. The van der Waals surface area contributed by atoms with E-state index in [-0.39, 0.29) is 12.4 Å². The summed E-state index contributed by atoms with van der Waals surface area (Å²) in [5, 5.41) is 31.4. The summed E-state index contributed by atoms with van der Waals surface area (Å²) in [4.78, 5) is 20.3. The molecular weight excluding hydrogens is 400 g/mol. The van der Waals surface area contributed by atoms with Gasteiger partial charge in [0, 0.05) is 12.1 Å². The molecule has 0 aromatic carbocycles. The van der Waals surface area contributed by atoms with Crippen molar-refractivity contribution < 1.29 is 29.6 Å². The number of aromatic nitrogens is 3. The van der Waals surface area contributed by atoms with Crippen molar-refractivity contribution >= 4 is 34.6 Å². The van der Waals surface area contributed by atoms with Crippen molar-refractivity contribution in [3.8, 4) is 11.8 Å². The van der Waals surface area contributed by atoms with Crippen LogP contribution in [-0.2, 0) is 14.3 Å². The molecular formula is C18H22N4O6S. The average molecular weight is 422 g/mol. The molecule has 0 saturated carbocycles. The normalized spacial score (nSPS) is 26.3.